The van der Waals surface area contributed by atoms with E-state index in [2.05, 4.69) is 20.7 Å². The Bertz CT molecular complexity index is 759. The first kappa shape index (κ1) is 21.0. The summed E-state index contributed by atoms with van der Waals surface area (Å²) in [7, 11) is 1.79. The first-order valence-corrected chi connectivity index (χ1v) is 9.14. The molecule has 3 rings (SSSR count). The van der Waals surface area contributed by atoms with Crippen LogP contribution >= 0.6 is 35.6 Å². The molecule has 1 aromatic heterocycles. The van der Waals surface area contributed by atoms with E-state index in [1.807, 2.05) is 6.07 Å². The maximum atomic E-state index is 12.2. The number of aryl methyl sites for hydroxylation is 2. The number of amides is 1. The molecule has 1 amide bonds. The number of piperidine rings is 1. The maximum absolute atomic E-state index is 12.2. The highest BCUT2D eigenvalue weighted by molar-refractivity contribution is 6.35. The van der Waals surface area contributed by atoms with Crippen molar-refractivity contribution in [2.24, 2.45) is 7.05 Å². The molecule has 0 aliphatic carbocycles. The Morgan fingerprint density at radius 2 is 2.08 bits per heavy atom. The SMILES string of the molecule is Cl.Cn1nc(C2CCNCC2)nc1NC(=O)CCc1ccc(Cl)cc1Cl. The van der Waals surface area contributed by atoms with Gasteiger partial charge >= 0.3 is 0 Å². The van der Waals surface area contributed by atoms with Crippen LogP contribution in [-0.2, 0) is 18.3 Å². The summed E-state index contributed by atoms with van der Waals surface area (Å²) in [5, 5.41) is 11.8. The molecule has 2 N–H and O–H groups in total. The molecule has 0 atom stereocenters. The highest BCUT2D eigenvalue weighted by Crippen LogP contribution is 2.24. The Hall–Kier alpha value is -1.34. The zero-order chi connectivity index (χ0) is 17.8. The lowest BCUT2D eigenvalue weighted by molar-refractivity contribution is -0.116. The number of carbonyl (C=O) groups is 1. The third kappa shape index (κ3) is 5.33. The van der Waals surface area contributed by atoms with Gasteiger partial charge in [0.05, 0.1) is 0 Å². The molecule has 0 radical (unpaired) electrons. The van der Waals surface area contributed by atoms with Gasteiger partial charge < -0.3 is 5.32 Å². The predicted octanol–water partition coefficient (Wildman–Crippen LogP) is 3.58. The van der Waals surface area contributed by atoms with Crippen molar-refractivity contribution < 1.29 is 4.79 Å². The van der Waals surface area contributed by atoms with Gasteiger partial charge in [-0.2, -0.15) is 10.1 Å². The largest absolute Gasteiger partial charge is 0.317 e. The number of nitrogens with one attached hydrogen (secondary N) is 2. The number of hydrogen-bond acceptors (Lipinski definition) is 4. The van der Waals surface area contributed by atoms with Gasteiger partial charge in [-0.1, -0.05) is 29.3 Å². The van der Waals surface area contributed by atoms with Crippen LogP contribution in [0.4, 0.5) is 5.95 Å². The molecule has 0 saturated carbocycles. The summed E-state index contributed by atoms with van der Waals surface area (Å²) < 4.78 is 1.63. The van der Waals surface area contributed by atoms with Crippen LogP contribution in [0, 0.1) is 0 Å². The lowest BCUT2D eigenvalue weighted by Crippen LogP contribution is -2.27. The quantitative estimate of drug-likeness (QED) is 0.778. The number of halogens is 3. The van der Waals surface area contributed by atoms with Crippen molar-refractivity contribution in [3.8, 4) is 0 Å². The van der Waals surface area contributed by atoms with E-state index < -0.39 is 0 Å². The maximum Gasteiger partial charge on any atom is 0.227 e. The van der Waals surface area contributed by atoms with Gasteiger partial charge in [-0.15, -0.1) is 12.4 Å². The summed E-state index contributed by atoms with van der Waals surface area (Å²) >= 11 is 12.0. The average molecular weight is 419 g/mol. The minimum atomic E-state index is -0.113. The lowest BCUT2D eigenvalue weighted by atomic mass is 9.98. The fraction of sp³-hybridized carbons (Fsp3) is 0.471. The van der Waals surface area contributed by atoms with Crippen LogP contribution in [0.25, 0.3) is 0 Å². The summed E-state index contributed by atoms with van der Waals surface area (Å²) in [4.78, 5) is 16.7. The molecule has 0 unspecified atom stereocenters. The first-order chi connectivity index (χ1) is 12.0. The molecular weight excluding hydrogens is 397 g/mol. The van der Waals surface area contributed by atoms with Crippen LogP contribution in [0.1, 0.15) is 36.6 Å². The van der Waals surface area contributed by atoms with E-state index in [0.29, 0.717) is 34.8 Å². The van der Waals surface area contributed by atoms with Crippen LogP contribution in [-0.4, -0.2) is 33.8 Å². The average Bonchev–Trinajstić information content (AvgIpc) is 2.95. The van der Waals surface area contributed by atoms with Gasteiger partial charge in [0.25, 0.3) is 0 Å². The molecule has 26 heavy (non-hydrogen) atoms. The number of rotatable bonds is 5. The minimum Gasteiger partial charge on any atom is -0.317 e. The molecule has 1 saturated heterocycles. The van der Waals surface area contributed by atoms with Crippen LogP contribution in [0.15, 0.2) is 18.2 Å². The number of nitrogens with zero attached hydrogens (tertiary/aromatic N) is 3. The molecule has 0 spiro atoms. The highest BCUT2D eigenvalue weighted by atomic mass is 35.5. The summed E-state index contributed by atoms with van der Waals surface area (Å²) in [6, 6.07) is 5.30. The van der Waals surface area contributed by atoms with Crippen molar-refractivity contribution >= 4 is 47.5 Å². The Morgan fingerprint density at radius 3 is 2.77 bits per heavy atom. The second kappa shape index (κ2) is 9.55. The van der Waals surface area contributed by atoms with Crippen LogP contribution in [0.5, 0.6) is 0 Å². The van der Waals surface area contributed by atoms with Crippen molar-refractivity contribution in [1.29, 1.82) is 0 Å². The number of aromatic nitrogens is 3. The van der Waals surface area contributed by atoms with Gasteiger partial charge in [0, 0.05) is 29.4 Å². The third-order valence-electron chi connectivity index (χ3n) is 4.37. The molecule has 2 aromatic rings. The van der Waals surface area contributed by atoms with Gasteiger partial charge in [-0.25, -0.2) is 4.68 Å². The Labute approximate surface area is 169 Å². The zero-order valence-electron chi connectivity index (χ0n) is 14.5. The first-order valence-electron chi connectivity index (χ1n) is 8.38. The summed E-state index contributed by atoms with van der Waals surface area (Å²) in [6.45, 7) is 1.96. The highest BCUT2D eigenvalue weighted by Gasteiger charge is 2.21. The van der Waals surface area contributed by atoms with Crippen molar-refractivity contribution in [3.63, 3.8) is 0 Å². The van der Waals surface area contributed by atoms with Crippen LogP contribution in [0.3, 0.4) is 0 Å². The second-order valence-corrected chi connectivity index (χ2v) is 7.07. The van der Waals surface area contributed by atoms with Gasteiger partial charge in [0.1, 0.15) is 0 Å². The summed E-state index contributed by atoms with van der Waals surface area (Å²) in [6.07, 6.45) is 2.90. The number of anilines is 1. The van der Waals surface area contributed by atoms with Crippen LogP contribution in [0.2, 0.25) is 10.0 Å². The molecule has 142 valence electrons. The molecule has 0 bridgehead atoms. The van der Waals surface area contributed by atoms with Crippen molar-refractivity contribution in [2.75, 3.05) is 18.4 Å². The van der Waals surface area contributed by atoms with Crippen LogP contribution < -0.4 is 10.6 Å². The normalized spacial score (nSPS) is 14.7. The Morgan fingerprint density at radius 1 is 1.35 bits per heavy atom. The van der Waals surface area contributed by atoms with Gasteiger partial charge in [-0.3, -0.25) is 10.1 Å². The fourth-order valence-electron chi connectivity index (χ4n) is 2.93. The van der Waals surface area contributed by atoms with Crippen molar-refractivity contribution in [1.82, 2.24) is 20.1 Å². The van der Waals surface area contributed by atoms with Gasteiger partial charge in [0.15, 0.2) is 5.82 Å². The van der Waals surface area contributed by atoms with E-state index in [0.717, 1.165) is 37.3 Å². The zero-order valence-corrected chi connectivity index (χ0v) is 16.8. The Balaban J connectivity index is 0.00000243. The minimum absolute atomic E-state index is 0. The number of benzene rings is 1. The van der Waals surface area contributed by atoms with Crippen molar-refractivity contribution in [2.45, 2.75) is 31.6 Å². The predicted molar refractivity (Wildman–Crippen MR) is 107 cm³/mol. The monoisotopic (exact) mass is 417 g/mol. The molecule has 1 aliphatic heterocycles. The van der Waals surface area contributed by atoms with E-state index in [-0.39, 0.29) is 18.3 Å². The van der Waals surface area contributed by atoms with Crippen molar-refractivity contribution in [3.05, 3.63) is 39.6 Å². The molecular formula is C17H22Cl3N5O. The smallest absolute Gasteiger partial charge is 0.227 e. The molecule has 1 aromatic carbocycles. The van der Waals surface area contributed by atoms with E-state index in [9.17, 15) is 4.79 Å². The molecule has 6 nitrogen and oxygen atoms in total. The molecule has 1 fully saturated rings. The number of carbonyl (C=O) groups excluding carboxylic acids is 1. The molecule has 2 heterocycles. The summed E-state index contributed by atoms with van der Waals surface area (Å²) in [5.74, 6) is 1.53. The number of hydrogen-bond donors (Lipinski definition) is 2. The standard InChI is InChI=1S/C17H21Cl2N5O.ClH/c1-24-17(22-16(23-24)12-6-8-20-9-7-12)21-15(25)5-3-11-2-4-13(18)10-14(11)19;/h2,4,10,12,20H,3,5-9H2,1H3,(H,21,22,23,25);1H. The van der Waals surface area contributed by atoms with E-state index in [1.165, 1.54) is 0 Å². The van der Waals surface area contributed by atoms with E-state index in [1.54, 1.807) is 23.9 Å². The Kier molecular flexibility index (Phi) is 7.70. The topological polar surface area (TPSA) is 71.8 Å². The second-order valence-electron chi connectivity index (χ2n) is 6.23. The molecule has 9 heteroatoms. The summed E-state index contributed by atoms with van der Waals surface area (Å²) in [5.41, 5.74) is 0.898. The third-order valence-corrected chi connectivity index (χ3v) is 4.96. The lowest BCUT2D eigenvalue weighted by Gasteiger charge is -2.19. The van der Waals surface area contributed by atoms with E-state index >= 15 is 0 Å². The van der Waals surface area contributed by atoms with Gasteiger partial charge in [-0.05, 0) is 50.0 Å². The molecule has 1 aliphatic rings. The van der Waals surface area contributed by atoms with E-state index in [4.69, 9.17) is 23.2 Å². The van der Waals surface area contributed by atoms with Gasteiger partial charge in [0.2, 0.25) is 11.9 Å². The fourth-order valence-corrected chi connectivity index (χ4v) is 3.43.